The van der Waals surface area contributed by atoms with Crippen LogP contribution in [0.1, 0.15) is 33.3 Å². The lowest BCUT2D eigenvalue weighted by Gasteiger charge is -2.19. The summed E-state index contributed by atoms with van der Waals surface area (Å²) in [6.07, 6.45) is 0. The molecule has 0 aliphatic rings. The molecule has 0 saturated carbocycles. The van der Waals surface area contributed by atoms with Crippen LogP contribution in [0.25, 0.3) is 0 Å². The smallest absolute Gasteiger partial charge is 0.317 e. The number of ether oxygens (including phenoxy) is 1. The van der Waals surface area contributed by atoms with Crippen LogP contribution in [0.4, 0.5) is 4.79 Å². The van der Waals surface area contributed by atoms with Crippen LogP contribution in [-0.4, -0.2) is 30.6 Å². The Kier molecular flexibility index (Phi) is 6.91. The van der Waals surface area contributed by atoms with E-state index in [4.69, 9.17) is 4.74 Å². The largest absolute Gasteiger partial charge is 0.493 e. The van der Waals surface area contributed by atoms with Gasteiger partial charge in [-0.25, -0.2) is 4.79 Å². The highest BCUT2D eigenvalue weighted by Gasteiger charge is 2.08. The van der Waals surface area contributed by atoms with E-state index in [-0.39, 0.29) is 6.03 Å². The highest BCUT2D eigenvalue weighted by Crippen LogP contribution is 2.13. The number of amides is 2. The van der Waals surface area contributed by atoms with Gasteiger partial charge in [-0.3, -0.25) is 0 Å². The van der Waals surface area contributed by atoms with E-state index in [9.17, 15) is 4.79 Å². The summed E-state index contributed by atoms with van der Waals surface area (Å²) in [4.78, 5) is 13.6. The molecule has 0 fully saturated rings. The van der Waals surface area contributed by atoms with E-state index in [1.807, 2.05) is 38.1 Å². The Balaban J connectivity index is 2.43. The first kappa shape index (κ1) is 16.3. The molecule has 0 atom stereocenters. The van der Waals surface area contributed by atoms with Gasteiger partial charge in [-0.05, 0) is 37.5 Å². The molecule has 0 aromatic heterocycles. The molecular weight excluding hydrogens is 252 g/mol. The number of carbonyl (C=O) groups is 1. The minimum Gasteiger partial charge on any atom is -0.493 e. The molecule has 0 radical (unpaired) electrons. The van der Waals surface area contributed by atoms with Crippen LogP contribution in [0.5, 0.6) is 5.75 Å². The third-order valence-corrected chi connectivity index (χ3v) is 3.00. The van der Waals surface area contributed by atoms with E-state index in [0.717, 1.165) is 31.0 Å². The molecule has 0 spiro atoms. The van der Waals surface area contributed by atoms with E-state index in [1.165, 1.54) is 0 Å². The number of carbonyl (C=O) groups excluding carboxylic acids is 1. The molecule has 0 heterocycles. The van der Waals surface area contributed by atoms with Gasteiger partial charge in [-0.2, -0.15) is 0 Å². The zero-order valence-electron chi connectivity index (χ0n) is 13.0. The molecule has 4 nitrogen and oxygen atoms in total. The van der Waals surface area contributed by atoms with Gasteiger partial charge in [0.2, 0.25) is 0 Å². The van der Waals surface area contributed by atoms with Crippen molar-refractivity contribution in [2.75, 3.05) is 19.7 Å². The van der Waals surface area contributed by atoms with Crippen molar-refractivity contribution in [3.63, 3.8) is 0 Å². The lowest BCUT2D eigenvalue weighted by molar-refractivity contribution is 0.203. The van der Waals surface area contributed by atoms with Crippen LogP contribution in [0.15, 0.2) is 24.3 Å². The van der Waals surface area contributed by atoms with Crippen molar-refractivity contribution in [1.29, 1.82) is 0 Å². The minimum atomic E-state index is -0.0184. The van der Waals surface area contributed by atoms with Gasteiger partial charge in [0.25, 0.3) is 0 Å². The zero-order valence-corrected chi connectivity index (χ0v) is 13.0. The van der Waals surface area contributed by atoms with Gasteiger partial charge >= 0.3 is 6.03 Å². The SMILES string of the molecule is CCN(CC)C(=O)NCc1ccc(OCC(C)C)cc1. The third-order valence-electron chi connectivity index (χ3n) is 3.00. The number of rotatable bonds is 7. The lowest BCUT2D eigenvalue weighted by atomic mass is 10.2. The maximum atomic E-state index is 11.8. The third kappa shape index (κ3) is 5.51. The Bertz CT molecular complexity index is 397. The van der Waals surface area contributed by atoms with Crippen molar-refractivity contribution in [3.05, 3.63) is 29.8 Å². The molecule has 1 rings (SSSR count). The molecule has 112 valence electrons. The topological polar surface area (TPSA) is 41.6 Å². The molecule has 2 amide bonds. The summed E-state index contributed by atoms with van der Waals surface area (Å²) in [7, 11) is 0. The quantitative estimate of drug-likeness (QED) is 0.831. The van der Waals surface area contributed by atoms with Crippen LogP contribution in [-0.2, 0) is 6.54 Å². The van der Waals surface area contributed by atoms with E-state index in [0.29, 0.717) is 12.5 Å². The van der Waals surface area contributed by atoms with E-state index in [2.05, 4.69) is 19.2 Å². The first-order valence-corrected chi connectivity index (χ1v) is 7.31. The number of urea groups is 1. The van der Waals surface area contributed by atoms with Gasteiger partial charge in [0.05, 0.1) is 6.61 Å². The number of nitrogens with one attached hydrogen (secondary N) is 1. The Hall–Kier alpha value is -1.71. The summed E-state index contributed by atoms with van der Waals surface area (Å²) in [6, 6.07) is 7.84. The molecule has 1 aromatic rings. The van der Waals surface area contributed by atoms with Gasteiger partial charge in [0.15, 0.2) is 0 Å². The number of nitrogens with zero attached hydrogens (tertiary/aromatic N) is 1. The van der Waals surface area contributed by atoms with Crippen molar-refractivity contribution < 1.29 is 9.53 Å². The molecule has 4 heteroatoms. The summed E-state index contributed by atoms with van der Waals surface area (Å²) < 4.78 is 5.63. The predicted molar refractivity (Wildman–Crippen MR) is 81.9 cm³/mol. The zero-order chi connectivity index (χ0) is 15.0. The number of hydrogen-bond acceptors (Lipinski definition) is 2. The maximum absolute atomic E-state index is 11.8. The fourth-order valence-electron chi connectivity index (χ4n) is 1.77. The van der Waals surface area contributed by atoms with Crippen LogP contribution >= 0.6 is 0 Å². The summed E-state index contributed by atoms with van der Waals surface area (Å²) >= 11 is 0. The predicted octanol–water partition coefficient (Wildman–Crippen LogP) is 3.27. The number of benzene rings is 1. The van der Waals surface area contributed by atoms with Gasteiger partial charge in [0, 0.05) is 19.6 Å². The summed E-state index contributed by atoms with van der Waals surface area (Å²) in [5, 5.41) is 2.92. The first-order valence-electron chi connectivity index (χ1n) is 7.31. The second-order valence-electron chi connectivity index (χ2n) is 5.18. The normalized spacial score (nSPS) is 10.4. The molecule has 1 aromatic carbocycles. The van der Waals surface area contributed by atoms with E-state index < -0.39 is 0 Å². The van der Waals surface area contributed by atoms with Crippen molar-refractivity contribution in [1.82, 2.24) is 10.2 Å². The second kappa shape index (κ2) is 8.46. The fourth-order valence-corrected chi connectivity index (χ4v) is 1.77. The van der Waals surface area contributed by atoms with E-state index in [1.54, 1.807) is 4.90 Å². The molecule has 0 bridgehead atoms. The average Bonchev–Trinajstić information content (AvgIpc) is 2.45. The molecule has 0 saturated heterocycles. The van der Waals surface area contributed by atoms with Crippen molar-refractivity contribution >= 4 is 6.03 Å². The van der Waals surface area contributed by atoms with Crippen molar-refractivity contribution in [2.45, 2.75) is 34.2 Å². The molecular formula is C16H26N2O2. The van der Waals surface area contributed by atoms with Crippen LogP contribution in [0.3, 0.4) is 0 Å². The maximum Gasteiger partial charge on any atom is 0.317 e. The summed E-state index contributed by atoms with van der Waals surface area (Å²) in [5.41, 5.74) is 1.07. The summed E-state index contributed by atoms with van der Waals surface area (Å²) in [5.74, 6) is 1.39. The Morgan fingerprint density at radius 1 is 1.20 bits per heavy atom. The Morgan fingerprint density at radius 2 is 1.80 bits per heavy atom. The van der Waals surface area contributed by atoms with Gasteiger partial charge in [-0.1, -0.05) is 26.0 Å². The molecule has 0 unspecified atom stereocenters. The van der Waals surface area contributed by atoms with Gasteiger partial charge in [-0.15, -0.1) is 0 Å². The molecule has 1 N–H and O–H groups in total. The van der Waals surface area contributed by atoms with Gasteiger partial charge in [0.1, 0.15) is 5.75 Å². The van der Waals surface area contributed by atoms with Crippen LogP contribution < -0.4 is 10.1 Å². The molecule has 0 aliphatic carbocycles. The highest BCUT2D eigenvalue weighted by molar-refractivity contribution is 5.74. The first-order chi connectivity index (χ1) is 9.56. The van der Waals surface area contributed by atoms with Gasteiger partial charge < -0.3 is 15.0 Å². The molecule has 20 heavy (non-hydrogen) atoms. The van der Waals surface area contributed by atoms with E-state index >= 15 is 0 Å². The average molecular weight is 278 g/mol. The fraction of sp³-hybridized carbons (Fsp3) is 0.562. The Morgan fingerprint density at radius 3 is 2.30 bits per heavy atom. The Labute approximate surface area is 122 Å². The van der Waals surface area contributed by atoms with Crippen molar-refractivity contribution in [2.24, 2.45) is 5.92 Å². The number of hydrogen-bond donors (Lipinski definition) is 1. The van der Waals surface area contributed by atoms with Crippen LogP contribution in [0.2, 0.25) is 0 Å². The lowest BCUT2D eigenvalue weighted by Crippen LogP contribution is -2.39. The second-order valence-corrected chi connectivity index (χ2v) is 5.18. The summed E-state index contributed by atoms with van der Waals surface area (Å²) in [6.45, 7) is 10.9. The van der Waals surface area contributed by atoms with Crippen molar-refractivity contribution in [3.8, 4) is 5.75 Å². The highest BCUT2D eigenvalue weighted by atomic mass is 16.5. The monoisotopic (exact) mass is 278 g/mol. The van der Waals surface area contributed by atoms with Crippen LogP contribution in [0, 0.1) is 5.92 Å². The molecule has 0 aliphatic heterocycles. The minimum absolute atomic E-state index is 0.0184. The standard InChI is InChI=1S/C16H26N2O2/c1-5-18(6-2)16(19)17-11-14-7-9-15(10-8-14)20-12-13(3)4/h7-10,13H,5-6,11-12H2,1-4H3,(H,17,19).